The van der Waals surface area contributed by atoms with Gasteiger partial charge in [0.15, 0.2) is 11.5 Å². The SMILES string of the molecule is NNc1ncnc2c1cnn2C1CCC(Cc2ccc(Cl)cc2)C1. The zero-order chi connectivity index (χ0) is 16.5. The fraction of sp³-hybridized carbons (Fsp3) is 0.353. The van der Waals surface area contributed by atoms with E-state index in [0.29, 0.717) is 17.8 Å². The average molecular weight is 343 g/mol. The topological polar surface area (TPSA) is 81.7 Å². The van der Waals surface area contributed by atoms with Crippen LogP contribution in [0.1, 0.15) is 30.9 Å². The molecule has 0 aliphatic heterocycles. The number of benzene rings is 1. The van der Waals surface area contributed by atoms with Crippen molar-refractivity contribution in [3.8, 4) is 0 Å². The third kappa shape index (κ3) is 2.83. The van der Waals surface area contributed by atoms with E-state index in [2.05, 4.69) is 32.6 Å². The van der Waals surface area contributed by atoms with Crippen LogP contribution in [0.3, 0.4) is 0 Å². The number of hydrazine groups is 1. The van der Waals surface area contributed by atoms with Crippen LogP contribution < -0.4 is 11.3 Å². The molecular weight excluding hydrogens is 324 g/mol. The highest BCUT2D eigenvalue weighted by Crippen LogP contribution is 2.37. The average Bonchev–Trinajstić information content (AvgIpc) is 3.23. The summed E-state index contributed by atoms with van der Waals surface area (Å²) in [5.74, 6) is 6.78. The van der Waals surface area contributed by atoms with Gasteiger partial charge in [-0.3, -0.25) is 0 Å². The van der Waals surface area contributed by atoms with E-state index in [9.17, 15) is 0 Å². The predicted molar refractivity (Wildman–Crippen MR) is 94.7 cm³/mol. The van der Waals surface area contributed by atoms with Gasteiger partial charge < -0.3 is 5.43 Å². The highest BCUT2D eigenvalue weighted by atomic mass is 35.5. The van der Waals surface area contributed by atoms with E-state index < -0.39 is 0 Å². The van der Waals surface area contributed by atoms with E-state index in [1.165, 1.54) is 18.3 Å². The number of halogens is 1. The minimum absolute atomic E-state index is 0.375. The summed E-state index contributed by atoms with van der Waals surface area (Å²) in [7, 11) is 0. The number of nitrogens with one attached hydrogen (secondary N) is 1. The van der Waals surface area contributed by atoms with Crippen molar-refractivity contribution in [2.45, 2.75) is 31.7 Å². The molecule has 6 nitrogen and oxygen atoms in total. The first-order valence-electron chi connectivity index (χ1n) is 8.14. The summed E-state index contributed by atoms with van der Waals surface area (Å²) in [6.45, 7) is 0. The number of hydrogen-bond donors (Lipinski definition) is 2. The molecule has 4 rings (SSSR count). The molecule has 1 aliphatic carbocycles. The van der Waals surface area contributed by atoms with E-state index in [1.807, 2.05) is 16.8 Å². The second kappa shape index (κ2) is 6.37. The van der Waals surface area contributed by atoms with E-state index in [1.54, 1.807) is 6.20 Å². The lowest BCUT2D eigenvalue weighted by Crippen LogP contribution is -2.11. The molecule has 1 saturated carbocycles. The van der Waals surface area contributed by atoms with Gasteiger partial charge >= 0.3 is 0 Å². The fourth-order valence-corrected chi connectivity index (χ4v) is 3.78. The number of nitrogens with two attached hydrogens (primary N) is 1. The van der Waals surface area contributed by atoms with E-state index in [0.717, 1.165) is 35.3 Å². The molecule has 0 radical (unpaired) electrons. The molecular formula is C17H19ClN6. The van der Waals surface area contributed by atoms with Crippen molar-refractivity contribution in [3.63, 3.8) is 0 Å². The summed E-state index contributed by atoms with van der Waals surface area (Å²) < 4.78 is 2.03. The highest BCUT2D eigenvalue weighted by Gasteiger charge is 2.28. The first-order valence-corrected chi connectivity index (χ1v) is 8.51. The molecule has 0 bridgehead atoms. The Balaban J connectivity index is 1.51. The number of aromatic nitrogens is 4. The molecule has 1 aliphatic rings. The molecule has 1 aromatic carbocycles. The summed E-state index contributed by atoms with van der Waals surface area (Å²) in [5.41, 5.74) is 4.79. The van der Waals surface area contributed by atoms with Crippen molar-refractivity contribution in [1.29, 1.82) is 0 Å². The third-order valence-electron chi connectivity index (χ3n) is 4.82. The van der Waals surface area contributed by atoms with Gasteiger partial charge in [0.25, 0.3) is 0 Å². The zero-order valence-corrected chi connectivity index (χ0v) is 13.9. The Bertz CT molecular complexity index is 844. The van der Waals surface area contributed by atoms with Gasteiger partial charge in [-0.25, -0.2) is 20.5 Å². The van der Waals surface area contributed by atoms with Crippen LogP contribution in [0.5, 0.6) is 0 Å². The van der Waals surface area contributed by atoms with Gasteiger partial charge in [0, 0.05) is 5.02 Å². The van der Waals surface area contributed by atoms with Gasteiger partial charge in [0.05, 0.1) is 17.6 Å². The second-order valence-electron chi connectivity index (χ2n) is 6.36. The maximum Gasteiger partial charge on any atom is 0.163 e. The van der Waals surface area contributed by atoms with Gasteiger partial charge in [-0.2, -0.15) is 5.10 Å². The van der Waals surface area contributed by atoms with Gasteiger partial charge in [0.1, 0.15) is 6.33 Å². The minimum atomic E-state index is 0.375. The molecule has 3 aromatic rings. The normalized spacial score (nSPS) is 20.6. The largest absolute Gasteiger partial charge is 0.308 e. The van der Waals surface area contributed by atoms with E-state index >= 15 is 0 Å². The third-order valence-corrected chi connectivity index (χ3v) is 5.08. The van der Waals surface area contributed by atoms with Crippen molar-refractivity contribution in [2.24, 2.45) is 11.8 Å². The maximum atomic E-state index is 5.96. The quantitative estimate of drug-likeness (QED) is 0.561. The van der Waals surface area contributed by atoms with Crippen LogP contribution in [0, 0.1) is 5.92 Å². The second-order valence-corrected chi connectivity index (χ2v) is 6.79. The van der Waals surface area contributed by atoms with Crippen molar-refractivity contribution in [3.05, 3.63) is 47.4 Å². The number of nitrogens with zero attached hydrogens (tertiary/aromatic N) is 4. The Hall–Kier alpha value is -2.18. The van der Waals surface area contributed by atoms with Crippen LogP contribution in [0.2, 0.25) is 5.02 Å². The Morgan fingerprint density at radius 1 is 1.21 bits per heavy atom. The van der Waals surface area contributed by atoms with Crippen LogP contribution in [-0.2, 0) is 6.42 Å². The van der Waals surface area contributed by atoms with Crippen LogP contribution in [-0.4, -0.2) is 19.7 Å². The van der Waals surface area contributed by atoms with E-state index in [4.69, 9.17) is 17.4 Å². The molecule has 2 atom stereocenters. The maximum absolute atomic E-state index is 5.96. The molecule has 1 fully saturated rings. The molecule has 0 saturated heterocycles. The van der Waals surface area contributed by atoms with Crippen LogP contribution in [0.25, 0.3) is 11.0 Å². The van der Waals surface area contributed by atoms with Crippen LogP contribution >= 0.6 is 11.6 Å². The van der Waals surface area contributed by atoms with Gasteiger partial charge in [-0.15, -0.1) is 0 Å². The summed E-state index contributed by atoms with van der Waals surface area (Å²) in [4.78, 5) is 8.52. The van der Waals surface area contributed by atoms with Crippen molar-refractivity contribution in [1.82, 2.24) is 19.7 Å². The molecule has 2 heterocycles. The molecule has 2 aromatic heterocycles. The monoisotopic (exact) mass is 342 g/mol. The van der Waals surface area contributed by atoms with Crippen LogP contribution in [0.4, 0.5) is 5.82 Å². The minimum Gasteiger partial charge on any atom is -0.308 e. The zero-order valence-electron chi connectivity index (χ0n) is 13.2. The van der Waals surface area contributed by atoms with Crippen molar-refractivity contribution >= 4 is 28.5 Å². The summed E-state index contributed by atoms with van der Waals surface area (Å²) in [6.07, 6.45) is 7.81. The Kier molecular flexibility index (Phi) is 4.08. The smallest absolute Gasteiger partial charge is 0.163 e. The number of fused-ring (bicyclic) bond motifs is 1. The molecule has 0 spiro atoms. The molecule has 2 unspecified atom stereocenters. The van der Waals surface area contributed by atoms with Gasteiger partial charge in [-0.1, -0.05) is 23.7 Å². The number of anilines is 1. The summed E-state index contributed by atoms with van der Waals surface area (Å²) in [5, 5.41) is 6.19. The molecule has 24 heavy (non-hydrogen) atoms. The van der Waals surface area contributed by atoms with Gasteiger partial charge in [0.2, 0.25) is 0 Å². The van der Waals surface area contributed by atoms with Crippen molar-refractivity contribution in [2.75, 3.05) is 5.43 Å². The first-order chi connectivity index (χ1) is 11.7. The lowest BCUT2D eigenvalue weighted by Gasteiger charge is -2.13. The standard InChI is InChI=1S/C17H19ClN6/c18-13-4-1-11(2-5-13)7-12-3-6-14(8-12)24-17-15(9-22-24)16(23-19)20-10-21-17/h1-2,4-5,9-10,12,14H,3,6-8,19H2,(H,20,21,23). The van der Waals surface area contributed by atoms with Gasteiger partial charge in [-0.05, 0) is 49.3 Å². The summed E-state index contributed by atoms with van der Waals surface area (Å²) >= 11 is 5.96. The number of rotatable bonds is 4. The predicted octanol–water partition coefficient (Wildman–Crippen LogP) is 3.35. The lowest BCUT2D eigenvalue weighted by atomic mass is 9.98. The Labute approximate surface area is 145 Å². The van der Waals surface area contributed by atoms with Crippen molar-refractivity contribution < 1.29 is 0 Å². The molecule has 124 valence electrons. The fourth-order valence-electron chi connectivity index (χ4n) is 3.65. The summed E-state index contributed by atoms with van der Waals surface area (Å²) in [6, 6.07) is 8.53. The number of nitrogen functional groups attached to an aromatic ring is 1. The number of hydrogen-bond acceptors (Lipinski definition) is 5. The molecule has 7 heteroatoms. The van der Waals surface area contributed by atoms with Crippen LogP contribution in [0.15, 0.2) is 36.8 Å². The Morgan fingerprint density at radius 3 is 2.83 bits per heavy atom. The first kappa shape index (κ1) is 15.4. The highest BCUT2D eigenvalue weighted by molar-refractivity contribution is 6.30. The molecule has 3 N–H and O–H groups in total. The Morgan fingerprint density at radius 2 is 2.04 bits per heavy atom. The molecule has 0 amide bonds. The lowest BCUT2D eigenvalue weighted by molar-refractivity contribution is 0.448. The van der Waals surface area contributed by atoms with E-state index in [-0.39, 0.29) is 0 Å².